The van der Waals surface area contributed by atoms with Crippen LogP contribution in [0.15, 0.2) is 18.2 Å². The van der Waals surface area contributed by atoms with Crippen molar-refractivity contribution in [3.05, 3.63) is 23.8 Å². The van der Waals surface area contributed by atoms with Crippen LogP contribution in [0.1, 0.15) is 38.1 Å². The average molecular weight is 279 g/mol. The zero-order valence-corrected chi connectivity index (χ0v) is 12.2. The Morgan fingerprint density at radius 1 is 1.30 bits per heavy atom. The number of ether oxygens (including phenoxy) is 1. The molecule has 0 saturated heterocycles. The lowest BCUT2D eigenvalue weighted by Gasteiger charge is -2.24. The molecule has 1 aromatic rings. The number of amides is 2. The Labute approximate surface area is 118 Å². The number of nitrogens with two attached hydrogens (primary N) is 2. The minimum atomic E-state index is -0.794. The summed E-state index contributed by atoms with van der Waals surface area (Å²) in [6, 6.07) is 4.68. The van der Waals surface area contributed by atoms with Gasteiger partial charge in [0.2, 0.25) is 0 Å². The number of nitrogen functional groups attached to an aromatic ring is 1. The Morgan fingerprint density at radius 3 is 2.40 bits per heavy atom. The lowest BCUT2D eigenvalue weighted by atomic mass is 10.1. The molecule has 0 aliphatic heterocycles. The van der Waals surface area contributed by atoms with Gasteiger partial charge in [-0.3, -0.25) is 9.59 Å². The van der Waals surface area contributed by atoms with Gasteiger partial charge < -0.3 is 21.5 Å². The van der Waals surface area contributed by atoms with Gasteiger partial charge in [0.25, 0.3) is 11.8 Å². The molecule has 1 rings (SSSR count). The maximum absolute atomic E-state index is 12.0. The second kappa shape index (κ2) is 5.81. The van der Waals surface area contributed by atoms with Crippen LogP contribution in [0.25, 0.3) is 0 Å². The predicted molar refractivity (Wildman–Crippen MR) is 77.4 cm³/mol. The molecule has 20 heavy (non-hydrogen) atoms. The predicted octanol–water partition coefficient (Wildman–Crippen LogP) is 1.05. The summed E-state index contributed by atoms with van der Waals surface area (Å²) >= 11 is 0. The molecule has 0 spiro atoms. The molecule has 110 valence electrons. The second-order valence-electron chi connectivity index (χ2n) is 5.59. The first kappa shape index (κ1) is 15.8. The number of rotatable bonds is 4. The van der Waals surface area contributed by atoms with Crippen molar-refractivity contribution in [2.75, 3.05) is 5.73 Å². The molecule has 0 saturated carbocycles. The van der Waals surface area contributed by atoms with Crippen molar-refractivity contribution in [1.82, 2.24) is 5.32 Å². The molecule has 0 aliphatic carbocycles. The molecule has 6 nitrogen and oxygen atoms in total. The molecule has 5 N–H and O–H groups in total. The molecule has 0 heterocycles. The molecule has 2 amide bonds. The van der Waals surface area contributed by atoms with Gasteiger partial charge >= 0.3 is 0 Å². The summed E-state index contributed by atoms with van der Waals surface area (Å²) < 4.78 is 5.51. The van der Waals surface area contributed by atoms with E-state index in [0.29, 0.717) is 0 Å². The number of carbonyl (C=O) groups excluding carboxylic acids is 2. The van der Waals surface area contributed by atoms with E-state index in [1.54, 1.807) is 19.1 Å². The summed E-state index contributed by atoms with van der Waals surface area (Å²) in [5, 5.41) is 2.79. The smallest absolute Gasteiger partial charge is 0.261 e. The minimum absolute atomic E-state index is 0.136. The van der Waals surface area contributed by atoms with Crippen molar-refractivity contribution < 1.29 is 14.3 Å². The number of carbonyl (C=O) groups is 2. The van der Waals surface area contributed by atoms with Gasteiger partial charge in [-0.15, -0.1) is 0 Å². The molecule has 1 aromatic carbocycles. The highest BCUT2D eigenvalue weighted by Crippen LogP contribution is 2.27. The van der Waals surface area contributed by atoms with Crippen LogP contribution in [0.5, 0.6) is 5.75 Å². The summed E-state index contributed by atoms with van der Waals surface area (Å²) in [6.07, 6.45) is -0.794. The minimum Gasteiger partial charge on any atom is -0.478 e. The number of primary amides is 1. The van der Waals surface area contributed by atoms with Crippen LogP contribution in [-0.2, 0) is 4.79 Å². The van der Waals surface area contributed by atoms with E-state index in [9.17, 15) is 9.59 Å². The van der Waals surface area contributed by atoms with E-state index < -0.39 is 12.0 Å². The van der Waals surface area contributed by atoms with Crippen molar-refractivity contribution in [3.63, 3.8) is 0 Å². The van der Waals surface area contributed by atoms with E-state index in [2.05, 4.69) is 5.32 Å². The second-order valence-corrected chi connectivity index (χ2v) is 5.59. The van der Waals surface area contributed by atoms with Crippen molar-refractivity contribution in [3.8, 4) is 5.75 Å². The van der Waals surface area contributed by atoms with Gasteiger partial charge in [0.05, 0.1) is 11.3 Å². The first-order valence-corrected chi connectivity index (χ1v) is 6.29. The number of para-hydroxylation sites is 1. The largest absolute Gasteiger partial charge is 0.478 e. The topological polar surface area (TPSA) is 107 Å². The van der Waals surface area contributed by atoms with Gasteiger partial charge in [-0.25, -0.2) is 0 Å². The highest BCUT2D eigenvalue weighted by Gasteiger charge is 2.23. The van der Waals surface area contributed by atoms with Crippen LogP contribution in [0.3, 0.4) is 0 Å². The maximum Gasteiger partial charge on any atom is 0.261 e. The van der Waals surface area contributed by atoms with Crippen molar-refractivity contribution in [2.24, 2.45) is 5.73 Å². The van der Waals surface area contributed by atoms with Crippen LogP contribution in [0.2, 0.25) is 0 Å². The Morgan fingerprint density at radius 2 is 1.90 bits per heavy atom. The van der Waals surface area contributed by atoms with Crippen LogP contribution in [-0.4, -0.2) is 23.5 Å². The number of anilines is 1. The monoisotopic (exact) mass is 279 g/mol. The lowest BCUT2D eigenvalue weighted by molar-refractivity contribution is -0.128. The van der Waals surface area contributed by atoms with Crippen molar-refractivity contribution >= 4 is 17.5 Å². The van der Waals surface area contributed by atoms with Gasteiger partial charge in [0.1, 0.15) is 0 Å². The Balaban J connectivity index is 2.93. The fourth-order valence-corrected chi connectivity index (χ4v) is 1.58. The van der Waals surface area contributed by atoms with Gasteiger partial charge in [-0.2, -0.15) is 0 Å². The fourth-order valence-electron chi connectivity index (χ4n) is 1.58. The molecule has 0 aromatic heterocycles. The quantitative estimate of drug-likeness (QED) is 0.716. The zero-order chi connectivity index (χ0) is 15.5. The maximum atomic E-state index is 12.0. The van der Waals surface area contributed by atoms with E-state index in [4.69, 9.17) is 16.2 Å². The summed E-state index contributed by atoms with van der Waals surface area (Å²) in [7, 11) is 0. The van der Waals surface area contributed by atoms with Crippen LogP contribution < -0.4 is 21.5 Å². The standard InChI is InChI=1S/C14H21N3O3/c1-8(13(19)17-14(2,3)4)20-11-9(12(16)18)6-5-7-10(11)15/h5-8H,15H2,1-4H3,(H2,16,18)(H,17,19). The van der Waals surface area contributed by atoms with E-state index in [-0.39, 0.29) is 28.4 Å². The van der Waals surface area contributed by atoms with Crippen LogP contribution in [0.4, 0.5) is 5.69 Å². The average Bonchev–Trinajstić information content (AvgIpc) is 2.28. The highest BCUT2D eigenvalue weighted by molar-refractivity contribution is 5.97. The van der Waals surface area contributed by atoms with Crippen LogP contribution >= 0.6 is 0 Å². The summed E-state index contributed by atoms with van der Waals surface area (Å²) in [6.45, 7) is 7.17. The molecule has 1 atom stereocenters. The van der Waals surface area contributed by atoms with Gasteiger partial charge in [-0.05, 0) is 39.8 Å². The number of hydrogen-bond donors (Lipinski definition) is 3. The molecule has 0 fully saturated rings. The third kappa shape index (κ3) is 4.15. The molecule has 0 aliphatic rings. The summed E-state index contributed by atoms with van der Waals surface area (Å²) in [5.74, 6) is -0.816. The Bertz CT molecular complexity index is 521. The van der Waals surface area contributed by atoms with Crippen molar-refractivity contribution in [2.45, 2.75) is 39.3 Å². The third-order valence-corrected chi connectivity index (χ3v) is 2.47. The third-order valence-electron chi connectivity index (χ3n) is 2.47. The Kier molecular flexibility index (Phi) is 4.60. The number of benzene rings is 1. The number of nitrogens with one attached hydrogen (secondary N) is 1. The molecule has 0 bridgehead atoms. The van der Waals surface area contributed by atoms with E-state index in [1.807, 2.05) is 20.8 Å². The molecule has 6 heteroatoms. The molecule has 1 unspecified atom stereocenters. The van der Waals surface area contributed by atoms with Gasteiger partial charge in [-0.1, -0.05) is 6.07 Å². The molecular weight excluding hydrogens is 258 g/mol. The lowest BCUT2D eigenvalue weighted by Crippen LogP contribution is -2.46. The van der Waals surface area contributed by atoms with E-state index in [0.717, 1.165) is 0 Å². The SMILES string of the molecule is CC(Oc1c(N)cccc1C(N)=O)C(=O)NC(C)(C)C. The highest BCUT2D eigenvalue weighted by atomic mass is 16.5. The summed E-state index contributed by atoms with van der Waals surface area (Å²) in [4.78, 5) is 23.3. The van der Waals surface area contributed by atoms with Crippen molar-refractivity contribution in [1.29, 1.82) is 0 Å². The molecular formula is C14H21N3O3. The number of hydrogen-bond acceptors (Lipinski definition) is 4. The first-order valence-electron chi connectivity index (χ1n) is 6.29. The Hall–Kier alpha value is -2.24. The van der Waals surface area contributed by atoms with Gasteiger partial charge in [0.15, 0.2) is 11.9 Å². The van der Waals surface area contributed by atoms with Crippen LogP contribution in [0, 0.1) is 0 Å². The summed E-state index contributed by atoms with van der Waals surface area (Å²) in [5.41, 5.74) is 11.1. The first-order chi connectivity index (χ1) is 9.11. The molecule has 0 radical (unpaired) electrons. The fraction of sp³-hybridized carbons (Fsp3) is 0.429. The van der Waals surface area contributed by atoms with Gasteiger partial charge in [0, 0.05) is 5.54 Å². The normalized spacial score (nSPS) is 12.6. The van der Waals surface area contributed by atoms with E-state index in [1.165, 1.54) is 6.07 Å². The zero-order valence-electron chi connectivity index (χ0n) is 12.2. The van der Waals surface area contributed by atoms with E-state index >= 15 is 0 Å².